The fourth-order valence-corrected chi connectivity index (χ4v) is 3.32. The second-order valence-electron chi connectivity index (χ2n) is 6.49. The van der Waals surface area contributed by atoms with Crippen molar-refractivity contribution in [3.05, 3.63) is 65.2 Å². The maximum absolute atomic E-state index is 13.8. The molecule has 0 spiro atoms. The van der Waals surface area contributed by atoms with Gasteiger partial charge in [0.05, 0.1) is 5.56 Å². The number of aromatic nitrogens is 3. The van der Waals surface area contributed by atoms with Crippen LogP contribution in [0.4, 0.5) is 8.78 Å². The highest BCUT2D eigenvalue weighted by Gasteiger charge is 2.32. The number of rotatable bonds is 3. The van der Waals surface area contributed by atoms with E-state index < -0.39 is 17.5 Å². The molecule has 0 saturated carbocycles. The van der Waals surface area contributed by atoms with E-state index in [0.717, 1.165) is 35.9 Å². The van der Waals surface area contributed by atoms with Gasteiger partial charge in [-0.3, -0.25) is 9.78 Å². The minimum absolute atomic E-state index is 0.141. The van der Waals surface area contributed by atoms with Gasteiger partial charge in [0.25, 0.3) is 17.6 Å². The van der Waals surface area contributed by atoms with E-state index in [1.807, 2.05) is 19.1 Å². The van der Waals surface area contributed by atoms with Gasteiger partial charge in [0.2, 0.25) is 0 Å². The Labute approximate surface area is 153 Å². The Kier molecular flexibility index (Phi) is 4.39. The highest BCUT2D eigenvalue weighted by molar-refractivity contribution is 5.91. The molecule has 1 unspecified atom stereocenters. The first-order valence-electron chi connectivity index (χ1n) is 8.53. The second kappa shape index (κ2) is 6.86. The molecule has 3 aromatic rings. The first kappa shape index (κ1) is 17.3. The van der Waals surface area contributed by atoms with Crippen molar-refractivity contribution in [3.8, 4) is 11.5 Å². The van der Waals surface area contributed by atoms with Gasteiger partial charge < -0.3 is 9.42 Å². The van der Waals surface area contributed by atoms with Gasteiger partial charge in [0, 0.05) is 30.9 Å². The predicted octanol–water partition coefficient (Wildman–Crippen LogP) is 3.35. The standard InChI is InChI=1S/C19H16F2N4O2/c1-11-3-2-7-22-16(11)12-6-8-25(10-12)19(26)17-23-18(27-24-17)14-9-13(20)4-5-15(14)21/h2-5,7,9,12H,6,8,10H2,1H3. The quantitative estimate of drug-likeness (QED) is 0.707. The zero-order valence-electron chi connectivity index (χ0n) is 14.5. The molecule has 0 bridgehead atoms. The number of hydrogen-bond acceptors (Lipinski definition) is 5. The number of carbonyl (C=O) groups excluding carboxylic acids is 1. The summed E-state index contributed by atoms with van der Waals surface area (Å²) >= 11 is 0. The number of halogens is 2. The SMILES string of the molecule is Cc1cccnc1C1CCN(C(=O)c2noc(-c3cc(F)ccc3F)n2)C1. The van der Waals surface area contributed by atoms with Gasteiger partial charge in [0.1, 0.15) is 11.6 Å². The number of likely N-dealkylation sites (tertiary alicyclic amines) is 1. The zero-order chi connectivity index (χ0) is 19.0. The van der Waals surface area contributed by atoms with Crippen LogP contribution < -0.4 is 0 Å². The summed E-state index contributed by atoms with van der Waals surface area (Å²) in [6.07, 6.45) is 2.53. The summed E-state index contributed by atoms with van der Waals surface area (Å²) in [5, 5.41) is 3.64. The lowest BCUT2D eigenvalue weighted by Crippen LogP contribution is -2.29. The molecule has 1 aromatic carbocycles. The number of benzene rings is 1. The van der Waals surface area contributed by atoms with E-state index in [0.29, 0.717) is 13.1 Å². The summed E-state index contributed by atoms with van der Waals surface area (Å²) in [5.74, 6) is -2.00. The average molecular weight is 370 g/mol. The predicted molar refractivity (Wildman–Crippen MR) is 91.9 cm³/mol. The van der Waals surface area contributed by atoms with E-state index in [2.05, 4.69) is 15.1 Å². The van der Waals surface area contributed by atoms with Crippen molar-refractivity contribution < 1.29 is 18.1 Å². The molecular weight excluding hydrogens is 354 g/mol. The lowest BCUT2D eigenvalue weighted by molar-refractivity contribution is 0.0775. The maximum atomic E-state index is 13.8. The van der Waals surface area contributed by atoms with Crippen LogP contribution in [0.15, 0.2) is 41.1 Å². The van der Waals surface area contributed by atoms with E-state index in [1.54, 1.807) is 11.1 Å². The van der Waals surface area contributed by atoms with Crippen LogP contribution in [0.3, 0.4) is 0 Å². The molecule has 6 nitrogen and oxygen atoms in total. The molecule has 0 aliphatic carbocycles. The maximum Gasteiger partial charge on any atom is 0.295 e. The third kappa shape index (κ3) is 3.30. The van der Waals surface area contributed by atoms with E-state index in [1.165, 1.54) is 0 Å². The molecule has 0 radical (unpaired) electrons. The van der Waals surface area contributed by atoms with Crippen LogP contribution in [-0.2, 0) is 0 Å². The average Bonchev–Trinajstić information content (AvgIpc) is 3.33. The largest absolute Gasteiger partial charge is 0.335 e. The van der Waals surface area contributed by atoms with Crippen LogP contribution in [0.2, 0.25) is 0 Å². The molecule has 3 heterocycles. The fourth-order valence-electron chi connectivity index (χ4n) is 3.32. The van der Waals surface area contributed by atoms with Crippen LogP contribution in [0.25, 0.3) is 11.5 Å². The topological polar surface area (TPSA) is 72.1 Å². The first-order chi connectivity index (χ1) is 13.0. The highest BCUT2D eigenvalue weighted by atomic mass is 19.1. The van der Waals surface area contributed by atoms with Gasteiger partial charge in [-0.1, -0.05) is 11.2 Å². The van der Waals surface area contributed by atoms with E-state index >= 15 is 0 Å². The number of carbonyl (C=O) groups is 1. The third-order valence-corrected chi connectivity index (χ3v) is 4.69. The van der Waals surface area contributed by atoms with Crippen LogP contribution >= 0.6 is 0 Å². The molecule has 1 fully saturated rings. The van der Waals surface area contributed by atoms with Crippen LogP contribution in [-0.4, -0.2) is 39.0 Å². The summed E-state index contributed by atoms with van der Waals surface area (Å²) in [4.78, 5) is 22.7. The Morgan fingerprint density at radius 1 is 1.30 bits per heavy atom. The van der Waals surface area contributed by atoms with Crippen molar-refractivity contribution in [2.45, 2.75) is 19.3 Å². The summed E-state index contributed by atoms with van der Waals surface area (Å²) in [6, 6.07) is 6.78. The van der Waals surface area contributed by atoms with Gasteiger partial charge in [0.15, 0.2) is 0 Å². The normalized spacial score (nSPS) is 16.7. The minimum Gasteiger partial charge on any atom is -0.335 e. The summed E-state index contributed by atoms with van der Waals surface area (Å²) in [7, 11) is 0. The summed E-state index contributed by atoms with van der Waals surface area (Å²) < 4.78 is 32.2. The van der Waals surface area contributed by atoms with E-state index in [9.17, 15) is 13.6 Å². The lowest BCUT2D eigenvalue weighted by Gasteiger charge is -2.15. The fraction of sp³-hybridized carbons (Fsp3) is 0.263. The van der Waals surface area contributed by atoms with Crippen molar-refractivity contribution >= 4 is 5.91 Å². The molecule has 0 N–H and O–H groups in total. The zero-order valence-corrected chi connectivity index (χ0v) is 14.5. The molecule has 4 rings (SSSR count). The molecule has 1 atom stereocenters. The smallest absolute Gasteiger partial charge is 0.295 e. The van der Waals surface area contributed by atoms with Crippen molar-refractivity contribution in [2.75, 3.05) is 13.1 Å². The Bertz CT molecular complexity index is 1000. The summed E-state index contributed by atoms with van der Waals surface area (Å²) in [5.41, 5.74) is 1.88. The Balaban J connectivity index is 1.52. The monoisotopic (exact) mass is 370 g/mol. The molecule has 1 saturated heterocycles. The number of amides is 1. The van der Waals surface area contributed by atoms with Gasteiger partial charge >= 0.3 is 0 Å². The molecule has 138 valence electrons. The minimum atomic E-state index is -0.703. The molecule has 27 heavy (non-hydrogen) atoms. The van der Waals surface area contributed by atoms with E-state index in [-0.39, 0.29) is 23.2 Å². The molecular formula is C19H16F2N4O2. The highest BCUT2D eigenvalue weighted by Crippen LogP contribution is 2.29. The second-order valence-corrected chi connectivity index (χ2v) is 6.49. The number of hydrogen-bond donors (Lipinski definition) is 0. The van der Waals surface area contributed by atoms with Crippen molar-refractivity contribution in [1.29, 1.82) is 0 Å². The van der Waals surface area contributed by atoms with Crippen molar-refractivity contribution in [1.82, 2.24) is 20.0 Å². The van der Waals surface area contributed by atoms with Gasteiger partial charge in [-0.05, 0) is 43.2 Å². The number of nitrogens with zero attached hydrogens (tertiary/aromatic N) is 4. The Morgan fingerprint density at radius 3 is 2.96 bits per heavy atom. The molecule has 2 aromatic heterocycles. The number of aryl methyl sites for hydroxylation is 1. The molecule has 1 aliphatic heterocycles. The first-order valence-corrected chi connectivity index (χ1v) is 8.53. The molecule has 1 aliphatic rings. The van der Waals surface area contributed by atoms with Gasteiger partial charge in [-0.25, -0.2) is 8.78 Å². The number of pyridine rings is 1. The Hall–Kier alpha value is -3.16. The Morgan fingerprint density at radius 2 is 2.15 bits per heavy atom. The van der Waals surface area contributed by atoms with Crippen molar-refractivity contribution in [3.63, 3.8) is 0 Å². The van der Waals surface area contributed by atoms with Crippen molar-refractivity contribution in [2.24, 2.45) is 0 Å². The van der Waals surface area contributed by atoms with E-state index in [4.69, 9.17) is 4.52 Å². The lowest BCUT2D eigenvalue weighted by atomic mass is 10.0. The van der Waals surface area contributed by atoms with Gasteiger partial charge in [-0.2, -0.15) is 4.98 Å². The molecule has 8 heteroatoms. The third-order valence-electron chi connectivity index (χ3n) is 4.69. The van der Waals surface area contributed by atoms with Crippen LogP contribution in [0.5, 0.6) is 0 Å². The summed E-state index contributed by atoms with van der Waals surface area (Å²) in [6.45, 7) is 3.03. The van der Waals surface area contributed by atoms with Crippen LogP contribution in [0, 0.1) is 18.6 Å². The van der Waals surface area contributed by atoms with Gasteiger partial charge in [-0.15, -0.1) is 0 Å². The van der Waals surface area contributed by atoms with Crippen LogP contribution in [0.1, 0.15) is 34.2 Å². The molecule has 1 amide bonds.